The number of nitrogens with zero attached hydrogens (tertiary/aromatic N) is 3. The van der Waals surface area contributed by atoms with Crippen LogP contribution in [0.15, 0.2) is 18.3 Å². The van der Waals surface area contributed by atoms with Gasteiger partial charge < -0.3 is 0 Å². The summed E-state index contributed by atoms with van der Waals surface area (Å²) in [6, 6.07) is 3.84. The van der Waals surface area contributed by atoms with Crippen LogP contribution in [0.2, 0.25) is 0 Å². The third kappa shape index (κ3) is 1.16. The van der Waals surface area contributed by atoms with Crippen LogP contribution in [0.5, 0.6) is 0 Å². The molecule has 2 heterocycles. The number of halogens is 1. The maximum atomic E-state index is 4.31. The Kier molecular flexibility index (Phi) is 2.33. The molecule has 0 unspecified atom stereocenters. The minimum Gasteiger partial charge on any atom is -0.232 e. The molecule has 2 aromatic heterocycles. The fraction of sp³-hybridized carbons (Fsp3) is 0.250. The summed E-state index contributed by atoms with van der Waals surface area (Å²) in [5.74, 6) is 0. The Morgan fingerprint density at radius 2 is 2.08 bits per heavy atom. The molecule has 0 aromatic carbocycles. The van der Waals surface area contributed by atoms with Crippen LogP contribution in [0.1, 0.15) is 11.4 Å². The molecular formula is C8H10ClN3. The van der Waals surface area contributed by atoms with Gasteiger partial charge in [0.2, 0.25) is 0 Å². The Morgan fingerprint density at radius 3 is 2.75 bits per heavy atom. The van der Waals surface area contributed by atoms with Gasteiger partial charge >= 0.3 is 0 Å². The molecule has 0 atom stereocenters. The van der Waals surface area contributed by atoms with E-state index in [0.717, 1.165) is 17.0 Å². The van der Waals surface area contributed by atoms with Crippen LogP contribution in [0.4, 0.5) is 0 Å². The highest BCUT2D eigenvalue weighted by Crippen LogP contribution is 2.07. The van der Waals surface area contributed by atoms with E-state index in [1.165, 1.54) is 0 Å². The molecule has 0 aliphatic heterocycles. The van der Waals surface area contributed by atoms with Crippen LogP contribution < -0.4 is 0 Å². The summed E-state index contributed by atoms with van der Waals surface area (Å²) in [6.07, 6.45) is 1.76. The van der Waals surface area contributed by atoms with Crippen LogP contribution in [-0.2, 0) is 0 Å². The van der Waals surface area contributed by atoms with Crippen LogP contribution in [0, 0.1) is 13.8 Å². The molecule has 0 aliphatic rings. The molecule has 0 saturated heterocycles. The Labute approximate surface area is 76.8 Å². The highest BCUT2D eigenvalue weighted by molar-refractivity contribution is 5.85. The van der Waals surface area contributed by atoms with Gasteiger partial charge in [-0.3, -0.25) is 0 Å². The number of hydrogen-bond acceptors (Lipinski definition) is 2. The second-order valence-electron chi connectivity index (χ2n) is 2.58. The van der Waals surface area contributed by atoms with Gasteiger partial charge in [0.25, 0.3) is 0 Å². The maximum absolute atomic E-state index is 4.31. The van der Waals surface area contributed by atoms with Crippen molar-refractivity contribution in [3.05, 3.63) is 29.7 Å². The van der Waals surface area contributed by atoms with Crippen molar-refractivity contribution < 1.29 is 0 Å². The number of aromatic nitrogens is 3. The summed E-state index contributed by atoms with van der Waals surface area (Å²) in [7, 11) is 0. The Morgan fingerprint density at radius 1 is 1.33 bits per heavy atom. The maximum Gasteiger partial charge on any atom is 0.154 e. The lowest BCUT2D eigenvalue weighted by molar-refractivity contribution is 0.895. The van der Waals surface area contributed by atoms with Crippen molar-refractivity contribution in [1.29, 1.82) is 0 Å². The summed E-state index contributed by atoms with van der Waals surface area (Å²) in [5, 5.41) is 4.16. The molecule has 0 aliphatic carbocycles. The van der Waals surface area contributed by atoms with Crippen molar-refractivity contribution in [2.75, 3.05) is 0 Å². The first-order valence-electron chi connectivity index (χ1n) is 3.56. The van der Waals surface area contributed by atoms with Crippen molar-refractivity contribution in [1.82, 2.24) is 14.6 Å². The van der Waals surface area contributed by atoms with Crippen LogP contribution in [-0.4, -0.2) is 14.6 Å². The monoisotopic (exact) mass is 183 g/mol. The van der Waals surface area contributed by atoms with Crippen LogP contribution >= 0.6 is 12.4 Å². The Balaban J connectivity index is 0.000000720. The standard InChI is InChI=1S/C8H9N3.ClH/c1-6-7(2)11-8(10-6)4-3-5-9-11;/h3-5H,1-2H3;1H. The van der Waals surface area contributed by atoms with Gasteiger partial charge in [-0.05, 0) is 26.0 Å². The van der Waals surface area contributed by atoms with E-state index in [1.807, 2.05) is 30.5 Å². The van der Waals surface area contributed by atoms with Crippen molar-refractivity contribution in [3.8, 4) is 0 Å². The van der Waals surface area contributed by atoms with E-state index in [-0.39, 0.29) is 12.4 Å². The minimum absolute atomic E-state index is 0. The predicted octanol–water partition coefficient (Wildman–Crippen LogP) is 1.77. The number of imidazole rings is 1. The average molecular weight is 184 g/mol. The first-order chi connectivity index (χ1) is 5.29. The second kappa shape index (κ2) is 3.11. The van der Waals surface area contributed by atoms with E-state index >= 15 is 0 Å². The lowest BCUT2D eigenvalue weighted by Gasteiger charge is -1.91. The zero-order valence-electron chi connectivity index (χ0n) is 6.98. The van der Waals surface area contributed by atoms with E-state index < -0.39 is 0 Å². The van der Waals surface area contributed by atoms with Gasteiger partial charge in [-0.1, -0.05) is 0 Å². The largest absolute Gasteiger partial charge is 0.232 e. The quantitative estimate of drug-likeness (QED) is 0.623. The molecule has 0 amide bonds. The van der Waals surface area contributed by atoms with E-state index in [1.54, 1.807) is 6.20 Å². The molecule has 0 spiro atoms. The summed E-state index contributed by atoms with van der Waals surface area (Å²) in [4.78, 5) is 4.31. The van der Waals surface area contributed by atoms with E-state index in [0.29, 0.717) is 0 Å². The smallest absolute Gasteiger partial charge is 0.154 e. The Hall–Kier alpha value is -1.09. The molecule has 0 saturated carbocycles. The van der Waals surface area contributed by atoms with Crippen molar-refractivity contribution >= 4 is 18.1 Å². The summed E-state index contributed by atoms with van der Waals surface area (Å²) >= 11 is 0. The summed E-state index contributed by atoms with van der Waals surface area (Å²) in [6.45, 7) is 4.01. The average Bonchev–Trinajstić information content (AvgIpc) is 2.30. The molecular weight excluding hydrogens is 174 g/mol. The highest BCUT2D eigenvalue weighted by Gasteiger charge is 2.01. The van der Waals surface area contributed by atoms with E-state index in [2.05, 4.69) is 10.1 Å². The van der Waals surface area contributed by atoms with Crippen molar-refractivity contribution in [2.45, 2.75) is 13.8 Å². The normalized spacial score (nSPS) is 9.83. The topological polar surface area (TPSA) is 30.2 Å². The molecule has 64 valence electrons. The molecule has 12 heavy (non-hydrogen) atoms. The lowest BCUT2D eigenvalue weighted by Crippen LogP contribution is -1.91. The molecule has 3 nitrogen and oxygen atoms in total. The molecule has 0 fully saturated rings. The van der Waals surface area contributed by atoms with Crippen molar-refractivity contribution in [3.63, 3.8) is 0 Å². The number of aryl methyl sites for hydroxylation is 2. The third-order valence-corrected chi connectivity index (χ3v) is 1.85. The first kappa shape index (κ1) is 9.00. The zero-order chi connectivity index (χ0) is 7.84. The van der Waals surface area contributed by atoms with Gasteiger partial charge in [-0.15, -0.1) is 12.4 Å². The molecule has 0 N–H and O–H groups in total. The van der Waals surface area contributed by atoms with Crippen LogP contribution in [0.25, 0.3) is 5.65 Å². The SMILES string of the molecule is Cc1nc2cccnn2c1C.Cl. The molecule has 2 aromatic rings. The Bertz CT molecular complexity index is 394. The third-order valence-electron chi connectivity index (χ3n) is 1.85. The lowest BCUT2D eigenvalue weighted by atomic mass is 10.4. The molecule has 0 bridgehead atoms. The second-order valence-corrected chi connectivity index (χ2v) is 2.58. The van der Waals surface area contributed by atoms with Gasteiger partial charge in [0, 0.05) is 6.20 Å². The van der Waals surface area contributed by atoms with E-state index in [4.69, 9.17) is 0 Å². The van der Waals surface area contributed by atoms with Gasteiger partial charge in [-0.2, -0.15) is 5.10 Å². The zero-order valence-corrected chi connectivity index (χ0v) is 7.80. The highest BCUT2D eigenvalue weighted by atomic mass is 35.5. The fourth-order valence-corrected chi connectivity index (χ4v) is 1.11. The van der Waals surface area contributed by atoms with Crippen molar-refractivity contribution in [2.24, 2.45) is 0 Å². The summed E-state index contributed by atoms with van der Waals surface area (Å²) < 4.78 is 1.84. The fourth-order valence-electron chi connectivity index (χ4n) is 1.11. The molecule has 0 radical (unpaired) electrons. The number of hydrogen-bond donors (Lipinski definition) is 0. The van der Waals surface area contributed by atoms with Gasteiger partial charge in [-0.25, -0.2) is 9.50 Å². The first-order valence-corrected chi connectivity index (χ1v) is 3.56. The van der Waals surface area contributed by atoms with Gasteiger partial charge in [0.05, 0.1) is 11.4 Å². The molecule has 2 rings (SSSR count). The van der Waals surface area contributed by atoms with Gasteiger partial charge in [0.1, 0.15) is 0 Å². The van der Waals surface area contributed by atoms with E-state index in [9.17, 15) is 0 Å². The summed E-state index contributed by atoms with van der Waals surface area (Å²) in [5.41, 5.74) is 3.08. The van der Waals surface area contributed by atoms with Crippen LogP contribution in [0.3, 0.4) is 0 Å². The molecule has 4 heteroatoms. The number of rotatable bonds is 0. The minimum atomic E-state index is 0. The number of fused-ring (bicyclic) bond motifs is 1. The predicted molar refractivity (Wildman–Crippen MR) is 49.7 cm³/mol. The van der Waals surface area contributed by atoms with Gasteiger partial charge in [0.15, 0.2) is 5.65 Å².